The number of alkyl halides is 3. The van der Waals surface area contributed by atoms with Crippen LogP contribution < -0.4 is 10.4 Å². The summed E-state index contributed by atoms with van der Waals surface area (Å²) in [5, 5.41) is 0.312. The standard InChI is InChI=1S/C20H21F3N4O3S/c1-13-7-3-4-9-16(13)27-18-14(10-11-17(26-18)20(21,22)23)15(25-19(27)28)8-5-6-12-31(29,30)24-2/h3-4,7,9-11,24H,5-6,8,12H2,1-2H3. The van der Waals surface area contributed by atoms with Gasteiger partial charge in [-0.2, -0.15) is 18.2 Å². The Balaban J connectivity index is 2.11. The number of nitrogens with one attached hydrogen (secondary N) is 1. The van der Waals surface area contributed by atoms with Gasteiger partial charge in [-0.05, 0) is 57.0 Å². The Morgan fingerprint density at radius 3 is 2.42 bits per heavy atom. The van der Waals surface area contributed by atoms with E-state index in [4.69, 9.17) is 0 Å². The minimum Gasteiger partial charge on any atom is -0.245 e. The van der Waals surface area contributed by atoms with E-state index in [1.807, 2.05) is 0 Å². The first kappa shape index (κ1) is 22.9. The first-order valence-corrected chi connectivity index (χ1v) is 11.2. The summed E-state index contributed by atoms with van der Waals surface area (Å²) < 4.78 is 66.3. The van der Waals surface area contributed by atoms with Gasteiger partial charge in [0.1, 0.15) is 5.69 Å². The average Bonchev–Trinajstić information content (AvgIpc) is 2.71. The maximum atomic E-state index is 13.3. The molecule has 7 nitrogen and oxygen atoms in total. The third kappa shape index (κ3) is 5.10. The molecule has 0 atom stereocenters. The zero-order chi connectivity index (χ0) is 22.8. The van der Waals surface area contributed by atoms with Crippen LogP contribution >= 0.6 is 0 Å². The molecule has 2 aromatic heterocycles. The SMILES string of the molecule is CNS(=O)(=O)CCCCc1nc(=O)n(-c2ccccc2C)c2nc(C(F)(F)F)ccc12. The predicted molar refractivity (Wildman–Crippen MR) is 111 cm³/mol. The molecule has 0 spiro atoms. The molecule has 31 heavy (non-hydrogen) atoms. The third-order valence-corrected chi connectivity index (χ3v) is 6.30. The molecule has 0 radical (unpaired) electrons. The number of nitrogens with zero attached hydrogens (tertiary/aromatic N) is 3. The van der Waals surface area contributed by atoms with Crippen molar-refractivity contribution >= 4 is 21.1 Å². The summed E-state index contributed by atoms with van der Waals surface area (Å²) >= 11 is 0. The molecule has 3 aromatic rings. The van der Waals surface area contributed by atoms with Crippen LogP contribution in [0.5, 0.6) is 0 Å². The molecule has 3 rings (SSSR count). The van der Waals surface area contributed by atoms with Gasteiger partial charge >= 0.3 is 11.9 Å². The zero-order valence-corrected chi connectivity index (χ0v) is 17.7. The number of fused-ring (bicyclic) bond motifs is 1. The molecular formula is C20H21F3N4O3S. The van der Waals surface area contributed by atoms with Crippen molar-refractivity contribution in [2.75, 3.05) is 12.8 Å². The van der Waals surface area contributed by atoms with Crippen molar-refractivity contribution < 1.29 is 21.6 Å². The molecule has 0 aliphatic heterocycles. The van der Waals surface area contributed by atoms with Gasteiger partial charge in [0.05, 0.1) is 17.1 Å². The second-order valence-corrected chi connectivity index (χ2v) is 9.05. The number of halogens is 3. The molecule has 0 saturated carbocycles. The van der Waals surface area contributed by atoms with Gasteiger partial charge in [0.15, 0.2) is 5.65 Å². The van der Waals surface area contributed by atoms with E-state index >= 15 is 0 Å². The van der Waals surface area contributed by atoms with Crippen molar-refractivity contribution in [2.45, 2.75) is 32.4 Å². The van der Waals surface area contributed by atoms with Crippen LogP contribution in [0.25, 0.3) is 16.7 Å². The smallest absolute Gasteiger partial charge is 0.245 e. The van der Waals surface area contributed by atoms with Crippen LogP contribution in [-0.2, 0) is 22.6 Å². The largest absolute Gasteiger partial charge is 0.433 e. The lowest BCUT2D eigenvalue weighted by molar-refractivity contribution is -0.141. The normalized spacial score (nSPS) is 12.4. The van der Waals surface area contributed by atoms with Gasteiger partial charge in [-0.1, -0.05) is 18.2 Å². The van der Waals surface area contributed by atoms with Gasteiger partial charge in [-0.25, -0.2) is 27.5 Å². The molecule has 1 N–H and O–H groups in total. The summed E-state index contributed by atoms with van der Waals surface area (Å²) in [6, 6.07) is 8.88. The maximum Gasteiger partial charge on any atom is 0.433 e. The molecule has 0 saturated heterocycles. The lowest BCUT2D eigenvalue weighted by Crippen LogP contribution is -2.26. The molecule has 0 aliphatic carbocycles. The fraction of sp³-hybridized carbons (Fsp3) is 0.350. The lowest BCUT2D eigenvalue weighted by atomic mass is 10.1. The zero-order valence-electron chi connectivity index (χ0n) is 16.9. The Hall–Kier alpha value is -2.79. The summed E-state index contributed by atoms with van der Waals surface area (Å²) in [5.41, 5.74) is -0.638. The minimum absolute atomic E-state index is 0.0990. The summed E-state index contributed by atoms with van der Waals surface area (Å²) in [5.74, 6) is -0.0990. The topological polar surface area (TPSA) is 94.0 Å². The van der Waals surface area contributed by atoms with Gasteiger partial charge in [0, 0.05) is 5.39 Å². The second kappa shape index (κ2) is 8.75. The van der Waals surface area contributed by atoms with E-state index in [0.29, 0.717) is 29.5 Å². The molecular weight excluding hydrogens is 433 g/mol. The Kier molecular flexibility index (Phi) is 6.46. The van der Waals surface area contributed by atoms with E-state index in [1.54, 1.807) is 31.2 Å². The molecule has 0 fully saturated rings. The predicted octanol–water partition coefficient (Wildman–Crippen LogP) is 2.98. The highest BCUT2D eigenvalue weighted by Crippen LogP contribution is 2.30. The first-order valence-electron chi connectivity index (χ1n) is 9.50. The van der Waals surface area contributed by atoms with Crippen molar-refractivity contribution in [3.05, 3.63) is 63.8 Å². The molecule has 0 aliphatic rings. The van der Waals surface area contributed by atoms with Gasteiger partial charge in [0.2, 0.25) is 10.0 Å². The van der Waals surface area contributed by atoms with Crippen molar-refractivity contribution in [1.29, 1.82) is 0 Å². The quantitative estimate of drug-likeness (QED) is 0.554. The van der Waals surface area contributed by atoms with Gasteiger partial charge in [-0.3, -0.25) is 0 Å². The molecule has 1 aromatic carbocycles. The first-order chi connectivity index (χ1) is 14.5. The molecule has 0 bridgehead atoms. The van der Waals surface area contributed by atoms with Crippen LogP contribution in [0.2, 0.25) is 0 Å². The van der Waals surface area contributed by atoms with E-state index in [2.05, 4.69) is 14.7 Å². The number of hydrogen-bond acceptors (Lipinski definition) is 5. The molecule has 11 heteroatoms. The van der Waals surface area contributed by atoms with Gasteiger partial charge in [-0.15, -0.1) is 0 Å². The fourth-order valence-corrected chi connectivity index (χ4v) is 4.02. The highest BCUT2D eigenvalue weighted by molar-refractivity contribution is 7.89. The Bertz CT molecular complexity index is 1270. The fourth-order valence-electron chi connectivity index (χ4n) is 3.23. The van der Waals surface area contributed by atoms with E-state index in [-0.39, 0.29) is 23.5 Å². The number of rotatable bonds is 7. The molecule has 166 valence electrons. The number of benzene rings is 1. The van der Waals surface area contributed by atoms with Gasteiger partial charge < -0.3 is 0 Å². The average molecular weight is 454 g/mol. The van der Waals surface area contributed by atoms with E-state index in [1.165, 1.54) is 13.1 Å². The lowest BCUT2D eigenvalue weighted by Gasteiger charge is -2.15. The Morgan fingerprint density at radius 1 is 1.06 bits per heavy atom. The van der Waals surface area contributed by atoms with Gasteiger partial charge in [0.25, 0.3) is 0 Å². The number of aromatic nitrogens is 3. The molecule has 0 amide bonds. The summed E-state index contributed by atoms with van der Waals surface area (Å²) in [4.78, 5) is 20.7. The highest BCUT2D eigenvalue weighted by Gasteiger charge is 2.33. The minimum atomic E-state index is -4.67. The van der Waals surface area contributed by atoms with Crippen molar-refractivity contribution in [1.82, 2.24) is 19.3 Å². The Morgan fingerprint density at radius 2 is 1.77 bits per heavy atom. The van der Waals surface area contributed by atoms with Crippen molar-refractivity contribution in [3.8, 4) is 5.69 Å². The summed E-state index contributed by atoms with van der Waals surface area (Å²) in [6.07, 6.45) is -3.75. The Labute approximate surface area is 177 Å². The summed E-state index contributed by atoms with van der Waals surface area (Å²) in [7, 11) is -2.05. The number of hydrogen-bond donors (Lipinski definition) is 1. The van der Waals surface area contributed by atoms with E-state index < -0.39 is 27.6 Å². The number of pyridine rings is 1. The van der Waals surface area contributed by atoms with Crippen LogP contribution in [-0.4, -0.2) is 35.8 Å². The van der Waals surface area contributed by atoms with Crippen LogP contribution in [0, 0.1) is 6.92 Å². The second-order valence-electron chi connectivity index (χ2n) is 7.01. The number of aryl methyl sites for hydroxylation is 2. The van der Waals surface area contributed by atoms with Crippen LogP contribution in [0.3, 0.4) is 0 Å². The van der Waals surface area contributed by atoms with Crippen LogP contribution in [0.15, 0.2) is 41.2 Å². The van der Waals surface area contributed by atoms with Crippen molar-refractivity contribution in [2.24, 2.45) is 0 Å². The van der Waals surface area contributed by atoms with Crippen LogP contribution in [0.1, 0.15) is 29.8 Å². The highest BCUT2D eigenvalue weighted by atomic mass is 32.2. The maximum absolute atomic E-state index is 13.3. The third-order valence-electron chi connectivity index (χ3n) is 4.85. The van der Waals surface area contributed by atoms with Crippen LogP contribution in [0.4, 0.5) is 13.2 Å². The molecule has 2 heterocycles. The monoisotopic (exact) mass is 454 g/mol. The number of para-hydroxylation sites is 1. The van der Waals surface area contributed by atoms with E-state index in [9.17, 15) is 26.4 Å². The summed E-state index contributed by atoms with van der Waals surface area (Å²) in [6.45, 7) is 1.73. The van der Waals surface area contributed by atoms with E-state index in [0.717, 1.165) is 10.6 Å². The van der Waals surface area contributed by atoms with Crippen molar-refractivity contribution in [3.63, 3.8) is 0 Å². The number of unbranched alkanes of at least 4 members (excludes halogenated alkanes) is 1. The number of sulfonamides is 1. The molecule has 0 unspecified atom stereocenters.